The van der Waals surface area contributed by atoms with Crippen LogP contribution in [0, 0.1) is 82.9 Å². The predicted octanol–water partition coefficient (Wildman–Crippen LogP) is 27.8. The highest BCUT2D eigenvalue weighted by atomic mass is 15.5. The van der Waals surface area contributed by atoms with Crippen molar-refractivity contribution in [1.82, 2.24) is 105 Å². The number of hydrogen-bond acceptors (Lipinski definition) is 14. The Bertz CT molecular complexity index is 3340. The third kappa shape index (κ3) is 69.1. The SMILES string of the molecule is CC(C)CCCCCCc1cnnn1CCC(C)C.CC(C)CCCCCCc1cnnn1CCC(C)C.CC(C)CCCCCc1cn(CC(C)C)nn1.CC(C)CCCCCn1nncc1CCCC(C)C.CC(C)CCCCc1cn(CC(C)C)nn1.CC(C)CCCCc1cn(CCC(C)C)nn1.CC(C)CCCc1cn(CCCC(C)C)nn1. The van der Waals surface area contributed by atoms with Gasteiger partial charge in [0.2, 0.25) is 0 Å². The Labute approximate surface area is 763 Å². The number of rotatable bonds is 61. The van der Waals surface area contributed by atoms with Crippen LogP contribution in [0.5, 0.6) is 0 Å². The van der Waals surface area contributed by atoms with Crippen LogP contribution in [0.2, 0.25) is 0 Å². The van der Waals surface area contributed by atoms with E-state index >= 15 is 0 Å². The molecule has 0 aromatic carbocycles. The zero-order valence-corrected chi connectivity index (χ0v) is 86.2. The van der Waals surface area contributed by atoms with Crippen LogP contribution in [0.4, 0.5) is 0 Å². The molecule has 7 aromatic heterocycles. The molecule has 0 saturated carbocycles. The second-order valence-corrected chi connectivity index (χ2v) is 42.3. The smallest absolute Gasteiger partial charge is 0.0827 e. The summed E-state index contributed by atoms with van der Waals surface area (Å²) in [6, 6.07) is 0. The van der Waals surface area contributed by atoms with Gasteiger partial charge in [-0.2, -0.15) is 0 Å². The van der Waals surface area contributed by atoms with Gasteiger partial charge < -0.3 is 0 Å². The fourth-order valence-corrected chi connectivity index (χ4v) is 14.3. The van der Waals surface area contributed by atoms with Gasteiger partial charge in [-0.3, -0.25) is 18.7 Å². The fourth-order valence-electron chi connectivity index (χ4n) is 14.3. The maximum Gasteiger partial charge on any atom is 0.0827 e. The van der Waals surface area contributed by atoms with Crippen molar-refractivity contribution >= 4 is 0 Å². The van der Waals surface area contributed by atoms with Gasteiger partial charge in [0, 0.05) is 70.6 Å². The van der Waals surface area contributed by atoms with Gasteiger partial charge in [0.25, 0.3) is 0 Å². The van der Waals surface area contributed by atoms with E-state index < -0.39 is 0 Å². The van der Waals surface area contributed by atoms with Crippen LogP contribution in [0.3, 0.4) is 0 Å². The average Bonchev–Trinajstić information content (AvgIpc) is 1.61. The molecule has 124 heavy (non-hydrogen) atoms. The molecule has 0 aliphatic carbocycles. The van der Waals surface area contributed by atoms with Crippen LogP contribution in [0.1, 0.15) is 446 Å². The second kappa shape index (κ2) is 73.8. The predicted molar refractivity (Wildman–Crippen MR) is 526 cm³/mol. The minimum atomic E-state index is 0.635. The summed E-state index contributed by atoms with van der Waals surface area (Å²) in [5.74, 6) is 10.8. The summed E-state index contributed by atoms with van der Waals surface area (Å²) in [7, 11) is 0. The lowest BCUT2D eigenvalue weighted by atomic mass is 10.0. The molecular weight excluding hydrogens is 1530 g/mol. The molecule has 0 bridgehead atoms. The molecule has 0 spiro atoms. The maximum absolute atomic E-state index is 4.22. The van der Waals surface area contributed by atoms with Gasteiger partial charge in [0.15, 0.2) is 0 Å². The molecule has 0 aliphatic heterocycles. The summed E-state index contributed by atoms with van der Waals surface area (Å²) in [6.45, 7) is 70.4. The molecule has 7 heterocycles. The van der Waals surface area contributed by atoms with Crippen molar-refractivity contribution in [3.63, 3.8) is 0 Å². The molecule has 0 saturated heterocycles. The van der Waals surface area contributed by atoms with Gasteiger partial charge in [0.05, 0.1) is 58.4 Å². The van der Waals surface area contributed by atoms with Gasteiger partial charge in [0.1, 0.15) is 0 Å². The minimum absolute atomic E-state index is 0.635. The zero-order chi connectivity index (χ0) is 92.2. The molecule has 0 aliphatic rings. The first-order chi connectivity index (χ1) is 59.1. The molecular formula is C103H199N21. The molecule has 0 unspecified atom stereocenters. The molecule has 716 valence electrons. The van der Waals surface area contributed by atoms with Crippen LogP contribution >= 0.6 is 0 Å². The summed E-state index contributed by atoms with van der Waals surface area (Å²) >= 11 is 0. The topological polar surface area (TPSA) is 215 Å². The van der Waals surface area contributed by atoms with E-state index in [1.54, 1.807) is 0 Å². The number of aryl methyl sites for hydroxylation is 12. The van der Waals surface area contributed by atoms with Crippen molar-refractivity contribution in [3.05, 3.63) is 83.2 Å². The number of unbranched alkanes of at least 4 members (excludes halogenated alkanes) is 12. The van der Waals surface area contributed by atoms with Gasteiger partial charge >= 0.3 is 0 Å². The highest BCUT2D eigenvalue weighted by molar-refractivity contribution is 4.98. The van der Waals surface area contributed by atoms with Gasteiger partial charge in [-0.05, 0) is 211 Å². The summed E-state index contributed by atoms with van der Waals surface area (Å²) in [6.07, 6.45) is 64.6. The van der Waals surface area contributed by atoms with Crippen molar-refractivity contribution in [3.8, 4) is 0 Å². The van der Waals surface area contributed by atoms with E-state index in [9.17, 15) is 0 Å². The number of aromatic nitrogens is 21. The van der Waals surface area contributed by atoms with Crippen molar-refractivity contribution in [1.29, 1.82) is 0 Å². The third-order valence-electron chi connectivity index (χ3n) is 22.1. The summed E-state index contributed by atoms with van der Waals surface area (Å²) in [4.78, 5) is 0. The quantitative estimate of drug-likeness (QED) is 0.0324. The van der Waals surface area contributed by atoms with E-state index in [-0.39, 0.29) is 0 Å². The van der Waals surface area contributed by atoms with Crippen LogP contribution in [-0.2, 0) is 90.8 Å². The molecule has 0 radical (unpaired) electrons. The molecule has 21 nitrogen and oxygen atoms in total. The van der Waals surface area contributed by atoms with Crippen molar-refractivity contribution in [2.45, 2.75) is 497 Å². The van der Waals surface area contributed by atoms with Crippen LogP contribution in [0.25, 0.3) is 0 Å². The van der Waals surface area contributed by atoms with E-state index in [1.165, 1.54) is 229 Å². The highest BCUT2D eigenvalue weighted by Crippen LogP contribution is 2.20. The molecule has 0 fully saturated rings. The van der Waals surface area contributed by atoms with E-state index in [0.717, 1.165) is 185 Å². The van der Waals surface area contributed by atoms with E-state index in [0.29, 0.717) is 11.8 Å². The first-order valence-electron chi connectivity index (χ1n) is 51.3. The average molecular weight is 1730 g/mol. The monoisotopic (exact) mass is 1730 g/mol. The maximum atomic E-state index is 4.22. The molecule has 0 N–H and O–H groups in total. The van der Waals surface area contributed by atoms with Crippen molar-refractivity contribution < 1.29 is 0 Å². The van der Waals surface area contributed by atoms with Gasteiger partial charge in [-0.25, -0.2) is 14.0 Å². The van der Waals surface area contributed by atoms with E-state index in [2.05, 4.69) is 305 Å². The zero-order valence-electron chi connectivity index (χ0n) is 86.2. The Morgan fingerprint density at radius 3 is 0.750 bits per heavy atom. The molecule has 0 atom stereocenters. The fraction of sp³-hybridized carbons (Fsp3) is 0.864. The Kier molecular flexibility index (Phi) is 69.1. The third-order valence-corrected chi connectivity index (χ3v) is 22.1. The van der Waals surface area contributed by atoms with Crippen LogP contribution in [-0.4, -0.2) is 105 Å². The van der Waals surface area contributed by atoms with Crippen LogP contribution < -0.4 is 0 Å². The lowest BCUT2D eigenvalue weighted by Crippen LogP contribution is -2.07. The summed E-state index contributed by atoms with van der Waals surface area (Å²) < 4.78 is 14.2. The highest BCUT2D eigenvalue weighted by Gasteiger charge is 2.13. The van der Waals surface area contributed by atoms with Crippen molar-refractivity contribution in [2.24, 2.45) is 82.9 Å². The summed E-state index contributed by atoms with van der Waals surface area (Å²) in [5.41, 5.74) is 8.52. The Morgan fingerprint density at radius 2 is 0.411 bits per heavy atom. The molecule has 21 heteroatoms. The van der Waals surface area contributed by atoms with Crippen LogP contribution in [0.15, 0.2) is 43.4 Å². The Hall–Kier alpha value is -6.02. The Morgan fingerprint density at radius 1 is 0.185 bits per heavy atom. The summed E-state index contributed by atoms with van der Waals surface area (Å²) in [5, 5.41) is 58.3. The lowest BCUT2D eigenvalue weighted by Gasteiger charge is -2.08. The first kappa shape index (κ1) is 116. The molecule has 7 aromatic rings. The number of hydrogen-bond donors (Lipinski definition) is 0. The Balaban J connectivity index is 0.000000724. The lowest BCUT2D eigenvalue weighted by molar-refractivity contribution is 0.462. The van der Waals surface area contributed by atoms with Gasteiger partial charge in [-0.1, -0.05) is 359 Å². The number of nitrogens with zero attached hydrogens (tertiary/aromatic N) is 21. The van der Waals surface area contributed by atoms with Gasteiger partial charge in [-0.15, -0.1) is 35.7 Å². The minimum Gasteiger partial charge on any atom is -0.252 e. The molecule has 7 rings (SSSR count). The second-order valence-electron chi connectivity index (χ2n) is 42.3. The normalized spacial score (nSPS) is 11.7. The standard InChI is InChI=1S/3C16H31N3.3C14H27N3.C13H25N3/c1-14(2)9-6-5-7-12-19-16(13-17-18-19)11-8-10-15(3)4;2*1-14(2)9-7-5-6-8-10-16-13-17-18-19(16)12-11-15(3)4;1-12(2)7-5-9-14-11-17(16-15-14)10-6-8-13(3)4;1-12(2)7-5-6-8-14-11-17(16-15-14)10-9-13(3)4;1-12(2)8-6-5-7-9-14-11-17(16-15-14)10-13(3)4;1-11(2)7-5-6-8-13-10-16(15-14-13)9-12(3)4/h3*13-15H,5-12H2,1-4H3;3*11-13H,5-10H2,1-4H3;10-12H,5-9H2,1-4H3. The molecule has 0 amide bonds. The largest absolute Gasteiger partial charge is 0.252 e. The van der Waals surface area contributed by atoms with E-state index in [1.807, 2.05) is 37.3 Å². The van der Waals surface area contributed by atoms with E-state index in [4.69, 9.17) is 0 Å². The first-order valence-corrected chi connectivity index (χ1v) is 51.3. The van der Waals surface area contributed by atoms with Crippen molar-refractivity contribution in [2.75, 3.05) is 0 Å².